The number of carbonyl (C=O) groups is 1. The van der Waals surface area contributed by atoms with Crippen LogP contribution in [-0.2, 0) is 17.8 Å². The number of pyridine rings is 1. The fraction of sp³-hybridized carbons (Fsp3) is 0.143. The van der Waals surface area contributed by atoms with E-state index in [1.54, 1.807) is 11.1 Å². The highest BCUT2D eigenvalue weighted by atomic mass is 79.9. The maximum absolute atomic E-state index is 12.9. The summed E-state index contributed by atoms with van der Waals surface area (Å²) >= 11 is 3.44. The van der Waals surface area contributed by atoms with Crippen LogP contribution in [0.15, 0.2) is 83.5 Å². The van der Waals surface area contributed by atoms with Gasteiger partial charge < -0.3 is 4.90 Å². The highest BCUT2D eigenvalue weighted by molar-refractivity contribution is 9.10. The molecule has 0 aliphatic heterocycles. The molecule has 1 heterocycles. The topological polar surface area (TPSA) is 33.2 Å². The van der Waals surface area contributed by atoms with Crippen molar-refractivity contribution in [3.8, 4) is 0 Å². The van der Waals surface area contributed by atoms with Crippen molar-refractivity contribution in [2.24, 2.45) is 0 Å². The molecule has 0 spiro atoms. The van der Waals surface area contributed by atoms with Gasteiger partial charge in [-0.05, 0) is 48.4 Å². The second-order valence-electron chi connectivity index (χ2n) is 5.76. The Morgan fingerprint density at radius 3 is 2.32 bits per heavy atom. The van der Waals surface area contributed by atoms with Gasteiger partial charge in [0.05, 0.1) is 12.2 Å². The smallest absolute Gasteiger partial charge is 0.227 e. The minimum Gasteiger partial charge on any atom is -0.306 e. The fourth-order valence-electron chi connectivity index (χ4n) is 2.63. The third-order valence-corrected chi connectivity index (χ3v) is 4.48. The molecule has 0 saturated carbocycles. The van der Waals surface area contributed by atoms with Crippen LogP contribution in [0.5, 0.6) is 0 Å². The minimum atomic E-state index is 0.0943. The Balaban J connectivity index is 1.77. The Hall–Kier alpha value is -2.46. The standard InChI is InChI=1S/C21H19BrN2O/c22-18-10-12-20(13-11-18)24(16-19-8-4-5-15-23-19)21(25)14-9-17-6-2-1-3-7-17/h1-8,10-13,15H,9,14,16H2. The number of halogens is 1. The predicted molar refractivity (Wildman–Crippen MR) is 104 cm³/mol. The number of nitrogens with zero attached hydrogens (tertiary/aromatic N) is 2. The average Bonchev–Trinajstić information content (AvgIpc) is 2.67. The van der Waals surface area contributed by atoms with E-state index in [9.17, 15) is 4.79 Å². The molecule has 25 heavy (non-hydrogen) atoms. The predicted octanol–water partition coefficient (Wildman–Crippen LogP) is 5.01. The number of anilines is 1. The molecule has 0 fully saturated rings. The van der Waals surface area contributed by atoms with Crippen LogP contribution in [0.2, 0.25) is 0 Å². The van der Waals surface area contributed by atoms with E-state index in [-0.39, 0.29) is 5.91 Å². The van der Waals surface area contributed by atoms with Crippen molar-refractivity contribution in [2.75, 3.05) is 4.90 Å². The first-order valence-corrected chi connectivity index (χ1v) is 9.01. The number of carbonyl (C=O) groups excluding carboxylic acids is 1. The average molecular weight is 395 g/mol. The molecule has 0 N–H and O–H groups in total. The van der Waals surface area contributed by atoms with E-state index in [2.05, 4.69) is 33.0 Å². The van der Waals surface area contributed by atoms with Gasteiger partial charge in [0.25, 0.3) is 0 Å². The number of aryl methyl sites for hydroxylation is 1. The number of rotatable bonds is 6. The Kier molecular flexibility index (Phi) is 5.96. The maximum atomic E-state index is 12.9. The summed E-state index contributed by atoms with van der Waals surface area (Å²) in [5.41, 5.74) is 2.93. The molecule has 0 aliphatic rings. The van der Waals surface area contributed by atoms with Crippen molar-refractivity contribution in [1.29, 1.82) is 0 Å². The molecule has 1 aromatic heterocycles. The summed E-state index contributed by atoms with van der Waals surface area (Å²) in [6.45, 7) is 0.468. The monoisotopic (exact) mass is 394 g/mol. The van der Waals surface area contributed by atoms with Crippen LogP contribution < -0.4 is 4.90 Å². The highest BCUT2D eigenvalue weighted by Crippen LogP contribution is 2.21. The van der Waals surface area contributed by atoms with Crippen LogP contribution in [-0.4, -0.2) is 10.9 Å². The molecule has 1 amide bonds. The zero-order valence-corrected chi connectivity index (χ0v) is 15.4. The van der Waals surface area contributed by atoms with Gasteiger partial charge >= 0.3 is 0 Å². The Bertz CT molecular complexity index is 804. The molecule has 3 aromatic rings. The molecular weight excluding hydrogens is 376 g/mol. The van der Waals surface area contributed by atoms with Crippen molar-refractivity contribution < 1.29 is 4.79 Å². The van der Waals surface area contributed by atoms with Gasteiger partial charge in [0, 0.05) is 22.8 Å². The van der Waals surface area contributed by atoms with E-state index >= 15 is 0 Å². The van der Waals surface area contributed by atoms with E-state index in [0.717, 1.165) is 22.3 Å². The lowest BCUT2D eigenvalue weighted by Gasteiger charge is -2.23. The SMILES string of the molecule is O=C(CCc1ccccc1)N(Cc1ccccn1)c1ccc(Br)cc1. The van der Waals surface area contributed by atoms with Crippen molar-refractivity contribution >= 4 is 27.5 Å². The highest BCUT2D eigenvalue weighted by Gasteiger charge is 2.16. The van der Waals surface area contributed by atoms with Gasteiger partial charge in [-0.25, -0.2) is 0 Å². The number of amides is 1. The van der Waals surface area contributed by atoms with Crippen molar-refractivity contribution in [3.05, 3.63) is 94.7 Å². The van der Waals surface area contributed by atoms with E-state index in [4.69, 9.17) is 0 Å². The van der Waals surface area contributed by atoms with E-state index in [1.165, 1.54) is 5.56 Å². The normalized spacial score (nSPS) is 10.4. The number of hydrogen-bond acceptors (Lipinski definition) is 2. The minimum absolute atomic E-state index is 0.0943. The number of aromatic nitrogens is 1. The molecule has 3 rings (SSSR count). The third-order valence-electron chi connectivity index (χ3n) is 3.96. The molecule has 0 saturated heterocycles. The van der Waals surface area contributed by atoms with E-state index in [0.29, 0.717) is 13.0 Å². The van der Waals surface area contributed by atoms with Gasteiger partial charge in [-0.15, -0.1) is 0 Å². The van der Waals surface area contributed by atoms with Crippen molar-refractivity contribution in [3.63, 3.8) is 0 Å². The second kappa shape index (κ2) is 8.58. The second-order valence-corrected chi connectivity index (χ2v) is 6.68. The summed E-state index contributed by atoms with van der Waals surface area (Å²) in [6.07, 6.45) is 2.95. The lowest BCUT2D eigenvalue weighted by atomic mass is 10.1. The van der Waals surface area contributed by atoms with Gasteiger partial charge in [-0.2, -0.15) is 0 Å². The quantitative estimate of drug-likeness (QED) is 0.588. The van der Waals surface area contributed by atoms with Gasteiger partial charge in [0.2, 0.25) is 5.91 Å². The summed E-state index contributed by atoms with van der Waals surface area (Å²) in [7, 11) is 0. The largest absolute Gasteiger partial charge is 0.306 e. The molecule has 0 aliphatic carbocycles. The first kappa shape index (κ1) is 17.4. The van der Waals surface area contributed by atoms with Crippen molar-refractivity contribution in [2.45, 2.75) is 19.4 Å². The summed E-state index contributed by atoms with van der Waals surface area (Å²) < 4.78 is 0.991. The molecule has 0 radical (unpaired) electrons. The van der Waals surface area contributed by atoms with Crippen LogP contribution in [0.25, 0.3) is 0 Å². The molecule has 2 aromatic carbocycles. The van der Waals surface area contributed by atoms with Crippen LogP contribution in [0.1, 0.15) is 17.7 Å². The lowest BCUT2D eigenvalue weighted by molar-refractivity contribution is -0.118. The molecule has 0 bridgehead atoms. The summed E-state index contributed by atoms with van der Waals surface area (Å²) in [5.74, 6) is 0.0943. The maximum Gasteiger partial charge on any atom is 0.227 e. The molecule has 126 valence electrons. The van der Waals surface area contributed by atoms with E-state index in [1.807, 2.05) is 60.7 Å². The van der Waals surface area contributed by atoms with Crippen LogP contribution >= 0.6 is 15.9 Å². The van der Waals surface area contributed by atoms with Gasteiger partial charge in [-0.3, -0.25) is 9.78 Å². The summed E-state index contributed by atoms with van der Waals surface area (Å²) in [5, 5.41) is 0. The summed E-state index contributed by atoms with van der Waals surface area (Å²) in [4.78, 5) is 19.1. The first-order chi connectivity index (χ1) is 12.2. The molecule has 3 nitrogen and oxygen atoms in total. The number of hydrogen-bond donors (Lipinski definition) is 0. The van der Waals surface area contributed by atoms with Gasteiger partial charge in [-0.1, -0.05) is 52.3 Å². The fourth-order valence-corrected chi connectivity index (χ4v) is 2.89. The van der Waals surface area contributed by atoms with Crippen LogP contribution in [0.4, 0.5) is 5.69 Å². The molecule has 4 heteroatoms. The Morgan fingerprint density at radius 1 is 0.920 bits per heavy atom. The lowest BCUT2D eigenvalue weighted by Crippen LogP contribution is -2.30. The Labute approximate surface area is 156 Å². The summed E-state index contributed by atoms with van der Waals surface area (Å²) in [6, 6.07) is 23.7. The zero-order valence-electron chi connectivity index (χ0n) is 13.8. The van der Waals surface area contributed by atoms with Crippen molar-refractivity contribution in [1.82, 2.24) is 4.98 Å². The third kappa shape index (κ3) is 5.00. The van der Waals surface area contributed by atoms with Gasteiger partial charge in [0.1, 0.15) is 0 Å². The molecule has 0 unspecified atom stereocenters. The van der Waals surface area contributed by atoms with Crippen LogP contribution in [0, 0.1) is 0 Å². The first-order valence-electron chi connectivity index (χ1n) is 8.22. The molecule has 0 atom stereocenters. The molecular formula is C21H19BrN2O. The van der Waals surface area contributed by atoms with Gasteiger partial charge in [0.15, 0.2) is 0 Å². The number of benzene rings is 2. The Morgan fingerprint density at radius 2 is 1.64 bits per heavy atom. The van der Waals surface area contributed by atoms with Crippen LogP contribution in [0.3, 0.4) is 0 Å². The van der Waals surface area contributed by atoms with E-state index < -0.39 is 0 Å². The zero-order chi connectivity index (χ0) is 17.5.